The van der Waals surface area contributed by atoms with E-state index in [0.717, 1.165) is 27.3 Å². The normalized spacial score (nSPS) is 10.9. The molecule has 0 aliphatic heterocycles. The first-order chi connectivity index (χ1) is 11.2. The van der Waals surface area contributed by atoms with Gasteiger partial charge in [-0.15, -0.1) is 11.3 Å². The number of aromatic nitrogens is 2. The van der Waals surface area contributed by atoms with Crippen molar-refractivity contribution < 1.29 is 9.84 Å². The van der Waals surface area contributed by atoms with Crippen LogP contribution in [0.5, 0.6) is 5.75 Å². The number of aliphatic hydroxyl groups excluding tert-OH is 1. The number of anilines is 1. The Hall–Kier alpha value is -2.18. The average molecular weight is 329 g/mol. The Morgan fingerprint density at radius 2 is 2.00 bits per heavy atom. The summed E-state index contributed by atoms with van der Waals surface area (Å²) in [4.78, 5) is 11.9. The van der Waals surface area contributed by atoms with Crippen LogP contribution in [0.15, 0.2) is 36.0 Å². The Morgan fingerprint density at radius 3 is 2.70 bits per heavy atom. The molecule has 2 heterocycles. The van der Waals surface area contributed by atoms with E-state index in [0.29, 0.717) is 13.1 Å². The minimum Gasteiger partial charge on any atom is -0.497 e. The van der Waals surface area contributed by atoms with Crippen LogP contribution < -0.4 is 9.64 Å². The van der Waals surface area contributed by atoms with E-state index in [1.807, 2.05) is 24.3 Å². The molecule has 0 aliphatic rings. The van der Waals surface area contributed by atoms with Crippen LogP contribution in [0.4, 0.5) is 5.82 Å². The number of aryl methyl sites for hydroxylation is 1. The largest absolute Gasteiger partial charge is 0.497 e. The molecule has 120 valence electrons. The molecule has 0 fully saturated rings. The lowest BCUT2D eigenvalue weighted by Crippen LogP contribution is -2.27. The molecule has 0 amide bonds. The molecule has 1 aromatic carbocycles. The minimum atomic E-state index is 0.0742. The molecule has 0 saturated heterocycles. The van der Waals surface area contributed by atoms with Gasteiger partial charge in [-0.05, 0) is 35.6 Å². The summed E-state index contributed by atoms with van der Waals surface area (Å²) >= 11 is 1.62. The molecule has 0 aliphatic carbocycles. The molecule has 1 N–H and O–H groups in total. The summed E-state index contributed by atoms with van der Waals surface area (Å²) in [5, 5.41) is 12.6. The fourth-order valence-corrected chi connectivity index (χ4v) is 3.45. The Morgan fingerprint density at radius 1 is 1.22 bits per heavy atom. The van der Waals surface area contributed by atoms with Gasteiger partial charge in [-0.3, -0.25) is 0 Å². The second kappa shape index (κ2) is 6.93. The van der Waals surface area contributed by atoms with E-state index in [2.05, 4.69) is 27.2 Å². The summed E-state index contributed by atoms with van der Waals surface area (Å²) in [5.41, 5.74) is 2.30. The predicted molar refractivity (Wildman–Crippen MR) is 93.3 cm³/mol. The van der Waals surface area contributed by atoms with Crippen molar-refractivity contribution in [1.29, 1.82) is 0 Å². The lowest BCUT2D eigenvalue weighted by atomic mass is 10.2. The molecule has 0 spiro atoms. The molecule has 6 heteroatoms. The predicted octanol–water partition coefficient (Wildman–Crippen LogP) is 3.01. The van der Waals surface area contributed by atoms with Gasteiger partial charge in [-0.1, -0.05) is 12.1 Å². The number of benzene rings is 1. The summed E-state index contributed by atoms with van der Waals surface area (Å²) in [5.74, 6) is 1.71. The first kappa shape index (κ1) is 15.7. The smallest absolute Gasteiger partial charge is 0.141 e. The van der Waals surface area contributed by atoms with Crippen LogP contribution in [0.25, 0.3) is 10.2 Å². The zero-order chi connectivity index (χ0) is 16.2. The van der Waals surface area contributed by atoms with E-state index in [9.17, 15) is 5.11 Å². The Balaban J connectivity index is 1.95. The second-order valence-corrected chi connectivity index (χ2v) is 6.15. The zero-order valence-corrected chi connectivity index (χ0v) is 14.0. The standard InChI is InChI=1S/C17H19N3O2S/c1-12-10-23-17-15(12)16(18-11-19-17)20(7-8-21)9-13-3-5-14(22-2)6-4-13/h3-6,10-11,21H,7-9H2,1-2H3. The maximum atomic E-state index is 9.45. The number of nitrogens with zero attached hydrogens (tertiary/aromatic N) is 3. The first-order valence-electron chi connectivity index (χ1n) is 7.40. The molecule has 23 heavy (non-hydrogen) atoms. The van der Waals surface area contributed by atoms with Gasteiger partial charge in [0, 0.05) is 13.1 Å². The highest BCUT2D eigenvalue weighted by atomic mass is 32.1. The molecule has 5 nitrogen and oxygen atoms in total. The molecule has 0 atom stereocenters. The van der Waals surface area contributed by atoms with Crippen LogP contribution in [-0.2, 0) is 6.54 Å². The number of fused-ring (bicyclic) bond motifs is 1. The van der Waals surface area contributed by atoms with Gasteiger partial charge in [0.05, 0.1) is 19.1 Å². The highest BCUT2D eigenvalue weighted by molar-refractivity contribution is 7.17. The van der Waals surface area contributed by atoms with Gasteiger partial charge in [0.2, 0.25) is 0 Å². The molecule has 2 aromatic heterocycles. The Bertz CT molecular complexity index is 786. The molecular weight excluding hydrogens is 310 g/mol. The van der Waals surface area contributed by atoms with Crippen LogP contribution >= 0.6 is 11.3 Å². The van der Waals surface area contributed by atoms with Gasteiger partial charge in [-0.2, -0.15) is 0 Å². The topological polar surface area (TPSA) is 58.5 Å². The quantitative estimate of drug-likeness (QED) is 0.753. The number of thiophene rings is 1. The Labute approximate surface area is 139 Å². The molecular formula is C17H19N3O2S. The fourth-order valence-electron chi connectivity index (χ4n) is 2.57. The van der Waals surface area contributed by atoms with E-state index in [-0.39, 0.29) is 6.61 Å². The minimum absolute atomic E-state index is 0.0742. The lowest BCUT2D eigenvalue weighted by molar-refractivity contribution is 0.301. The zero-order valence-electron chi connectivity index (χ0n) is 13.2. The van der Waals surface area contributed by atoms with Crippen molar-refractivity contribution in [2.75, 3.05) is 25.2 Å². The molecule has 0 bridgehead atoms. The third-order valence-electron chi connectivity index (χ3n) is 3.74. The van der Waals surface area contributed by atoms with Gasteiger partial charge in [0.1, 0.15) is 22.7 Å². The SMILES string of the molecule is COc1ccc(CN(CCO)c2ncnc3scc(C)c23)cc1. The van der Waals surface area contributed by atoms with Crippen LogP contribution in [0.2, 0.25) is 0 Å². The van der Waals surface area contributed by atoms with Crippen molar-refractivity contribution >= 4 is 27.4 Å². The van der Waals surface area contributed by atoms with Crippen molar-refractivity contribution in [2.45, 2.75) is 13.5 Å². The number of ether oxygens (including phenoxy) is 1. The van der Waals surface area contributed by atoms with Crippen molar-refractivity contribution in [1.82, 2.24) is 9.97 Å². The van der Waals surface area contributed by atoms with Crippen molar-refractivity contribution in [3.63, 3.8) is 0 Å². The van der Waals surface area contributed by atoms with Gasteiger partial charge < -0.3 is 14.7 Å². The van der Waals surface area contributed by atoms with Crippen LogP contribution in [0.1, 0.15) is 11.1 Å². The number of methoxy groups -OCH3 is 1. The molecule has 3 rings (SSSR count). The number of aliphatic hydroxyl groups is 1. The van der Waals surface area contributed by atoms with Gasteiger partial charge in [0.15, 0.2) is 0 Å². The Kier molecular flexibility index (Phi) is 4.73. The van der Waals surface area contributed by atoms with Gasteiger partial charge >= 0.3 is 0 Å². The number of hydrogen-bond donors (Lipinski definition) is 1. The first-order valence-corrected chi connectivity index (χ1v) is 8.28. The van der Waals surface area contributed by atoms with Gasteiger partial charge in [0.25, 0.3) is 0 Å². The average Bonchev–Trinajstić information content (AvgIpc) is 2.97. The molecule has 0 radical (unpaired) electrons. The molecule has 3 aromatic rings. The number of rotatable bonds is 6. The summed E-state index contributed by atoms with van der Waals surface area (Å²) < 4.78 is 5.20. The van der Waals surface area contributed by atoms with E-state index in [4.69, 9.17) is 4.74 Å². The fraction of sp³-hybridized carbons (Fsp3) is 0.294. The highest BCUT2D eigenvalue weighted by Gasteiger charge is 2.15. The molecule has 0 saturated carbocycles. The monoisotopic (exact) mass is 329 g/mol. The summed E-state index contributed by atoms with van der Waals surface area (Å²) in [6.45, 7) is 3.33. The van der Waals surface area contributed by atoms with Crippen molar-refractivity contribution in [3.05, 3.63) is 47.1 Å². The van der Waals surface area contributed by atoms with E-state index in [1.165, 1.54) is 5.56 Å². The maximum absolute atomic E-state index is 9.45. The second-order valence-electron chi connectivity index (χ2n) is 5.29. The van der Waals surface area contributed by atoms with E-state index >= 15 is 0 Å². The van der Waals surface area contributed by atoms with E-state index < -0.39 is 0 Å². The highest BCUT2D eigenvalue weighted by Crippen LogP contribution is 2.31. The summed E-state index contributed by atoms with van der Waals surface area (Å²) in [7, 11) is 1.66. The van der Waals surface area contributed by atoms with E-state index in [1.54, 1.807) is 24.8 Å². The summed E-state index contributed by atoms with van der Waals surface area (Å²) in [6, 6.07) is 7.94. The van der Waals surface area contributed by atoms with Crippen molar-refractivity contribution in [2.24, 2.45) is 0 Å². The number of hydrogen-bond acceptors (Lipinski definition) is 6. The maximum Gasteiger partial charge on any atom is 0.141 e. The van der Waals surface area contributed by atoms with Crippen LogP contribution in [0, 0.1) is 6.92 Å². The van der Waals surface area contributed by atoms with Crippen molar-refractivity contribution in [3.8, 4) is 5.75 Å². The lowest BCUT2D eigenvalue weighted by Gasteiger charge is -2.24. The van der Waals surface area contributed by atoms with Crippen LogP contribution in [0.3, 0.4) is 0 Å². The van der Waals surface area contributed by atoms with Gasteiger partial charge in [-0.25, -0.2) is 9.97 Å². The van der Waals surface area contributed by atoms with Crippen LogP contribution in [-0.4, -0.2) is 35.3 Å². The summed E-state index contributed by atoms with van der Waals surface area (Å²) in [6.07, 6.45) is 1.59. The third kappa shape index (κ3) is 3.28. The molecule has 0 unspecified atom stereocenters. The third-order valence-corrected chi connectivity index (χ3v) is 4.74.